The Morgan fingerprint density at radius 3 is 2.54 bits per heavy atom. The lowest BCUT2D eigenvalue weighted by atomic mass is 9.79. The molecule has 1 aliphatic carbocycles. The molecule has 3 heterocycles. The summed E-state index contributed by atoms with van der Waals surface area (Å²) in [6.45, 7) is 7.33. The number of benzene rings is 1. The van der Waals surface area contributed by atoms with Crippen LogP contribution in [0.2, 0.25) is 0 Å². The molecule has 8 nitrogen and oxygen atoms in total. The van der Waals surface area contributed by atoms with Crippen LogP contribution in [0.25, 0.3) is 10.9 Å². The van der Waals surface area contributed by atoms with E-state index in [1.54, 1.807) is 6.20 Å². The van der Waals surface area contributed by atoms with Crippen molar-refractivity contribution < 1.29 is 14.7 Å². The minimum absolute atomic E-state index is 0.210. The van der Waals surface area contributed by atoms with Crippen LogP contribution in [0.5, 0.6) is 0 Å². The maximum absolute atomic E-state index is 12.6. The fraction of sp³-hybridized carbons (Fsp3) is 0.516. The number of amides is 1. The molecule has 1 saturated carbocycles. The zero-order chi connectivity index (χ0) is 27.2. The third-order valence-corrected chi connectivity index (χ3v) is 8.82. The summed E-state index contributed by atoms with van der Waals surface area (Å²) in [4.78, 5) is 19.7. The van der Waals surface area contributed by atoms with Crippen LogP contribution in [0.3, 0.4) is 0 Å². The first kappa shape index (κ1) is 27.2. The van der Waals surface area contributed by atoms with Crippen molar-refractivity contribution in [2.75, 3.05) is 13.1 Å². The number of carbonyl (C=O) groups is 1. The number of rotatable bonds is 8. The summed E-state index contributed by atoms with van der Waals surface area (Å²) in [6, 6.07) is 12.6. The second kappa shape index (κ2) is 12.6. The third kappa shape index (κ3) is 6.27. The van der Waals surface area contributed by atoms with Gasteiger partial charge in [-0.3, -0.25) is 4.98 Å². The van der Waals surface area contributed by atoms with E-state index in [0.717, 1.165) is 65.5 Å². The summed E-state index contributed by atoms with van der Waals surface area (Å²) < 4.78 is 7.76. The number of alkyl carbamates (subject to hydrolysis) is 1. The van der Waals surface area contributed by atoms with Gasteiger partial charge in [0, 0.05) is 48.0 Å². The molecule has 0 spiro atoms. The molecule has 2 aromatic heterocycles. The van der Waals surface area contributed by atoms with E-state index in [4.69, 9.17) is 4.74 Å². The summed E-state index contributed by atoms with van der Waals surface area (Å²) in [5, 5.41) is 16.7. The van der Waals surface area contributed by atoms with Crippen molar-refractivity contribution in [1.82, 2.24) is 19.8 Å². The molecular formula is C31H41N5O3. The Morgan fingerprint density at radius 2 is 1.85 bits per heavy atom. The van der Waals surface area contributed by atoms with E-state index in [2.05, 4.69) is 38.8 Å². The number of piperidine rings is 1. The Balaban J connectivity index is 1.30. The quantitative estimate of drug-likeness (QED) is 0.207. The lowest BCUT2D eigenvalue weighted by molar-refractivity contribution is 0.0888. The van der Waals surface area contributed by atoms with Crippen molar-refractivity contribution in [2.45, 2.75) is 77.6 Å². The van der Waals surface area contributed by atoms with Crippen molar-refractivity contribution in [3.8, 4) is 0 Å². The van der Waals surface area contributed by atoms with Gasteiger partial charge >= 0.3 is 6.09 Å². The molecule has 39 heavy (non-hydrogen) atoms. The molecule has 1 aliphatic heterocycles. The fourth-order valence-electron chi connectivity index (χ4n) is 6.61. The molecule has 3 aromatic rings. The predicted octanol–water partition coefficient (Wildman–Crippen LogP) is 6.12. The Kier molecular flexibility index (Phi) is 8.81. The van der Waals surface area contributed by atoms with Crippen LogP contribution in [-0.4, -0.2) is 51.1 Å². The summed E-state index contributed by atoms with van der Waals surface area (Å²) in [7, 11) is 0. The molecule has 1 saturated heterocycles. The summed E-state index contributed by atoms with van der Waals surface area (Å²) in [5.41, 5.74) is 3.64. The van der Waals surface area contributed by atoms with Crippen LogP contribution >= 0.6 is 0 Å². The lowest BCUT2D eigenvalue weighted by Gasteiger charge is -2.42. The molecule has 1 aromatic carbocycles. The van der Waals surface area contributed by atoms with Crippen LogP contribution in [0.4, 0.5) is 4.79 Å². The van der Waals surface area contributed by atoms with Gasteiger partial charge in [-0.15, -0.1) is 0 Å². The van der Waals surface area contributed by atoms with Crippen molar-refractivity contribution in [3.63, 3.8) is 0 Å². The standard InChI is InChI=1S/C31H41N5O3/c1-22(2)24-8-10-25(11-9-24)35-16-13-26(14-17-35)36-29-19-32-15-12-27(29)28(18-34-38)30(36)20-33-31(37)39-21-23-6-4-3-5-7-23/h3-7,12,15,18-19,22,24-26,38H,8-11,13-14,16-17,20-21H2,1-2H3,(H,33,37)/b34-18+. The molecule has 0 unspecified atom stereocenters. The number of hydrogen-bond acceptors (Lipinski definition) is 6. The zero-order valence-corrected chi connectivity index (χ0v) is 23.1. The first-order chi connectivity index (χ1) is 19.0. The number of oxime groups is 1. The number of pyridine rings is 1. The normalized spacial score (nSPS) is 21.1. The summed E-state index contributed by atoms with van der Waals surface area (Å²) in [5.74, 6) is 1.66. The Labute approximate surface area is 231 Å². The van der Waals surface area contributed by atoms with Gasteiger partial charge in [-0.1, -0.05) is 49.3 Å². The van der Waals surface area contributed by atoms with E-state index in [-0.39, 0.29) is 19.2 Å². The molecule has 208 valence electrons. The molecule has 0 bridgehead atoms. The molecule has 2 aliphatic rings. The number of aromatic nitrogens is 2. The van der Waals surface area contributed by atoms with Gasteiger partial charge in [-0.2, -0.15) is 0 Å². The van der Waals surface area contributed by atoms with Gasteiger partial charge in [0.25, 0.3) is 0 Å². The number of likely N-dealkylation sites (tertiary alicyclic amines) is 1. The molecule has 5 rings (SSSR count). The number of hydrogen-bond donors (Lipinski definition) is 2. The van der Waals surface area contributed by atoms with Crippen LogP contribution in [0.15, 0.2) is 53.9 Å². The van der Waals surface area contributed by atoms with Crippen molar-refractivity contribution in [1.29, 1.82) is 0 Å². The second-order valence-electron chi connectivity index (χ2n) is 11.4. The van der Waals surface area contributed by atoms with E-state index in [0.29, 0.717) is 6.04 Å². The van der Waals surface area contributed by atoms with Gasteiger partial charge in [-0.05, 0) is 62.0 Å². The average Bonchev–Trinajstić information content (AvgIpc) is 3.29. The van der Waals surface area contributed by atoms with Crippen molar-refractivity contribution in [3.05, 3.63) is 65.6 Å². The first-order valence-electron chi connectivity index (χ1n) is 14.4. The number of ether oxygens (including phenoxy) is 1. The highest BCUT2D eigenvalue weighted by Crippen LogP contribution is 2.37. The molecule has 0 radical (unpaired) electrons. The van der Waals surface area contributed by atoms with Crippen LogP contribution in [0, 0.1) is 11.8 Å². The maximum Gasteiger partial charge on any atom is 0.407 e. The van der Waals surface area contributed by atoms with E-state index >= 15 is 0 Å². The number of nitrogens with one attached hydrogen (secondary N) is 1. The van der Waals surface area contributed by atoms with Crippen LogP contribution in [0.1, 0.15) is 75.2 Å². The van der Waals surface area contributed by atoms with E-state index in [9.17, 15) is 10.0 Å². The molecule has 2 N–H and O–H groups in total. The van der Waals surface area contributed by atoms with E-state index in [1.807, 2.05) is 42.6 Å². The molecule has 0 atom stereocenters. The molecule has 2 fully saturated rings. The minimum Gasteiger partial charge on any atom is -0.445 e. The van der Waals surface area contributed by atoms with Gasteiger partial charge in [0.1, 0.15) is 6.61 Å². The Hall–Kier alpha value is -3.39. The molecule has 1 amide bonds. The molecular weight excluding hydrogens is 490 g/mol. The minimum atomic E-state index is -0.479. The summed E-state index contributed by atoms with van der Waals surface area (Å²) in [6.07, 6.45) is 12.0. The fourth-order valence-corrected chi connectivity index (χ4v) is 6.61. The highest BCUT2D eigenvalue weighted by atomic mass is 16.5. The van der Waals surface area contributed by atoms with Crippen LogP contribution in [-0.2, 0) is 17.9 Å². The van der Waals surface area contributed by atoms with Crippen LogP contribution < -0.4 is 5.32 Å². The number of carbonyl (C=O) groups excluding carboxylic acids is 1. The van der Waals surface area contributed by atoms with Crippen molar-refractivity contribution in [2.24, 2.45) is 17.0 Å². The lowest BCUT2D eigenvalue weighted by Crippen LogP contribution is -2.44. The van der Waals surface area contributed by atoms with E-state index < -0.39 is 6.09 Å². The van der Waals surface area contributed by atoms with Gasteiger partial charge < -0.3 is 24.7 Å². The summed E-state index contributed by atoms with van der Waals surface area (Å²) >= 11 is 0. The number of nitrogens with zero attached hydrogens (tertiary/aromatic N) is 4. The van der Waals surface area contributed by atoms with Gasteiger partial charge in [0.2, 0.25) is 0 Å². The largest absolute Gasteiger partial charge is 0.445 e. The highest BCUT2D eigenvalue weighted by Gasteiger charge is 2.32. The topological polar surface area (TPSA) is 92.0 Å². The Bertz CT molecular complexity index is 1260. The molecule has 8 heteroatoms. The Morgan fingerprint density at radius 1 is 1.10 bits per heavy atom. The SMILES string of the molecule is CC(C)C1CCC(N2CCC(n3c(CNC(=O)OCc4ccccc4)c(/C=N/O)c4ccncc43)CC2)CC1. The van der Waals surface area contributed by atoms with Gasteiger partial charge in [-0.25, -0.2) is 4.79 Å². The first-order valence-corrected chi connectivity index (χ1v) is 14.4. The second-order valence-corrected chi connectivity index (χ2v) is 11.4. The number of fused-ring (bicyclic) bond motifs is 1. The van der Waals surface area contributed by atoms with E-state index in [1.165, 1.54) is 31.9 Å². The zero-order valence-electron chi connectivity index (χ0n) is 23.1. The predicted molar refractivity (Wildman–Crippen MR) is 153 cm³/mol. The van der Waals surface area contributed by atoms with Gasteiger partial charge in [0.15, 0.2) is 0 Å². The monoisotopic (exact) mass is 531 g/mol. The highest BCUT2D eigenvalue weighted by molar-refractivity contribution is 6.01. The maximum atomic E-state index is 12.6. The smallest absolute Gasteiger partial charge is 0.407 e. The average molecular weight is 532 g/mol. The van der Waals surface area contributed by atoms with Crippen molar-refractivity contribution >= 4 is 23.2 Å². The third-order valence-electron chi connectivity index (χ3n) is 8.82. The van der Waals surface area contributed by atoms with Gasteiger partial charge in [0.05, 0.1) is 24.5 Å².